The van der Waals surface area contributed by atoms with Gasteiger partial charge in [0.2, 0.25) is 0 Å². The van der Waals surface area contributed by atoms with Gasteiger partial charge in [0, 0.05) is 38.6 Å². The fourth-order valence-electron chi connectivity index (χ4n) is 8.06. The van der Waals surface area contributed by atoms with E-state index in [4.69, 9.17) is 19.9 Å². The van der Waals surface area contributed by atoms with Crippen LogP contribution in [0.1, 0.15) is 0 Å². The molecule has 8 aromatic carbocycles. The molecule has 0 atom stereocenters. The Morgan fingerprint density at radius 1 is 0.200 bits per heavy atom. The summed E-state index contributed by atoms with van der Waals surface area (Å²) in [6.45, 7) is 0. The summed E-state index contributed by atoms with van der Waals surface area (Å²) < 4.78 is 0. The molecule has 0 saturated carbocycles. The van der Waals surface area contributed by atoms with Crippen LogP contribution >= 0.6 is 0 Å². The molecule has 0 aliphatic rings. The minimum Gasteiger partial charge on any atom is -0.245 e. The summed E-state index contributed by atoms with van der Waals surface area (Å²) in [4.78, 5) is 20.5. The van der Waals surface area contributed by atoms with E-state index < -0.39 is 0 Å². The molecule has 11 aromatic rings. The van der Waals surface area contributed by atoms with Gasteiger partial charge in [-0.15, -0.1) is 0 Å². The Labute approximate surface area is 348 Å². The molecule has 0 spiro atoms. The quantitative estimate of drug-likeness (QED) is 0.152. The summed E-state index contributed by atoms with van der Waals surface area (Å²) in [6.07, 6.45) is 0. The van der Waals surface area contributed by atoms with E-state index in [1.165, 1.54) is 5.56 Å². The first-order valence-electron chi connectivity index (χ1n) is 20.2. The second-order valence-corrected chi connectivity index (χ2v) is 15.1. The van der Waals surface area contributed by atoms with Crippen LogP contribution in [-0.4, -0.2) is 19.9 Å². The zero-order chi connectivity index (χ0) is 39.8. The van der Waals surface area contributed by atoms with Gasteiger partial charge in [0.25, 0.3) is 0 Å². The minimum absolute atomic E-state index is 0.698. The number of aromatic nitrogens is 4. The fraction of sp³-hybridized carbons (Fsp3) is 0. The van der Waals surface area contributed by atoms with Gasteiger partial charge in [-0.25, -0.2) is 19.9 Å². The van der Waals surface area contributed by atoms with E-state index in [0.717, 1.165) is 99.9 Å². The van der Waals surface area contributed by atoms with Gasteiger partial charge in [-0.1, -0.05) is 182 Å². The van der Waals surface area contributed by atoms with Crippen LogP contribution in [0.3, 0.4) is 0 Å². The molecule has 11 rings (SSSR count). The largest absolute Gasteiger partial charge is 0.245 e. The van der Waals surface area contributed by atoms with Crippen molar-refractivity contribution < 1.29 is 0 Å². The standard InChI is InChI=1S/C56H36N4/c1-4-11-37(12-5-1)38-19-23-43(24-20-38)56-59-52(40-15-8-3-9-16-40)36-53(60-56)49-28-27-46-33-45(25-26-47(46)35-49)44-17-10-18-48(34-44)51-32-30-42-22-21-41-29-31-50(39-13-6-2-7-14-39)57-54(41)55(42)58-51/h1-36H. The Balaban J connectivity index is 0.925. The van der Waals surface area contributed by atoms with E-state index in [0.29, 0.717) is 5.82 Å². The Kier molecular flexibility index (Phi) is 8.79. The molecular weight excluding hydrogens is 729 g/mol. The Hall–Kier alpha value is -8.08. The SMILES string of the molecule is c1ccc(-c2ccc(-c3nc(-c4ccccc4)cc(-c4ccc5cc(-c6cccc(-c7ccc8ccc9ccc(-c%10ccccc%10)nc9c8n7)c6)ccc5c4)n3)cc2)cc1. The Bertz CT molecular complexity index is 3350. The van der Waals surface area contributed by atoms with Gasteiger partial charge in [0.05, 0.1) is 33.8 Å². The monoisotopic (exact) mass is 764 g/mol. The van der Waals surface area contributed by atoms with E-state index in [1.54, 1.807) is 0 Å². The maximum Gasteiger partial charge on any atom is 0.160 e. The molecule has 0 unspecified atom stereocenters. The lowest BCUT2D eigenvalue weighted by Gasteiger charge is -2.11. The van der Waals surface area contributed by atoms with Gasteiger partial charge in [0.15, 0.2) is 5.82 Å². The minimum atomic E-state index is 0.698. The first-order chi connectivity index (χ1) is 29.7. The third-order valence-electron chi connectivity index (χ3n) is 11.3. The average Bonchev–Trinajstić information content (AvgIpc) is 3.34. The van der Waals surface area contributed by atoms with Gasteiger partial charge in [-0.2, -0.15) is 0 Å². The van der Waals surface area contributed by atoms with Crippen LogP contribution < -0.4 is 0 Å². The van der Waals surface area contributed by atoms with Gasteiger partial charge < -0.3 is 0 Å². The van der Waals surface area contributed by atoms with Crippen molar-refractivity contribution in [1.29, 1.82) is 0 Å². The molecule has 0 saturated heterocycles. The average molecular weight is 765 g/mol. The molecule has 0 aliphatic heterocycles. The highest BCUT2D eigenvalue weighted by atomic mass is 14.9. The highest BCUT2D eigenvalue weighted by molar-refractivity contribution is 6.04. The Morgan fingerprint density at radius 2 is 0.583 bits per heavy atom. The lowest BCUT2D eigenvalue weighted by atomic mass is 9.97. The van der Waals surface area contributed by atoms with Crippen molar-refractivity contribution in [2.24, 2.45) is 0 Å². The molecule has 60 heavy (non-hydrogen) atoms. The van der Waals surface area contributed by atoms with Crippen molar-refractivity contribution in [3.63, 3.8) is 0 Å². The molecule has 0 N–H and O–H groups in total. The fourth-order valence-corrected chi connectivity index (χ4v) is 8.06. The second kappa shape index (κ2) is 15.0. The summed E-state index contributed by atoms with van der Waals surface area (Å²) in [5, 5.41) is 4.45. The van der Waals surface area contributed by atoms with Crippen molar-refractivity contribution in [2.75, 3.05) is 0 Å². The van der Waals surface area contributed by atoms with Crippen molar-refractivity contribution >= 4 is 32.6 Å². The lowest BCUT2D eigenvalue weighted by Crippen LogP contribution is -1.96. The van der Waals surface area contributed by atoms with E-state index >= 15 is 0 Å². The highest BCUT2D eigenvalue weighted by Gasteiger charge is 2.14. The van der Waals surface area contributed by atoms with E-state index in [9.17, 15) is 0 Å². The molecule has 3 aromatic heterocycles. The predicted molar refractivity (Wildman–Crippen MR) is 248 cm³/mol. The first-order valence-corrected chi connectivity index (χ1v) is 20.2. The molecule has 0 bridgehead atoms. The molecule has 4 nitrogen and oxygen atoms in total. The second-order valence-electron chi connectivity index (χ2n) is 15.1. The van der Waals surface area contributed by atoms with Gasteiger partial charge in [-0.3, -0.25) is 0 Å². The van der Waals surface area contributed by atoms with Crippen molar-refractivity contribution in [2.45, 2.75) is 0 Å². The molecule has 4 heteroatoms. The van der Waals surface area contributed by atoms with E-state index in [-0.39, 0.29) is 0 Å². The normalized spacial score (nSPS) is 11.3. The van der Waals surface area contributed by atoms with Gasteiger partial charge in [0.1, 0.15) is 0 Å². The van der Waals surface area contributed by atoms with Crippen molar-refractivity contribution in [1.82, 2.24) is 19.9 Å². The first kappa shape index (κ1) is 35.1. The zero-order valence-corrected chi connectivity index (χ0v) is 32.6. The van der Waals surface area contributed by atoms with Gasteiger partial charge in [-0.05, 0) is 69.4 Å². The summed E-state index contributed by atoms with van der Waals surface area (Å²) in [7, 11) is 0. The molecule has 0 aliphatic carbocycles. The highest BCUT2D eigenvalue weighted by Crippen LogP contribution is 2.34. The summed E-state index contributed by atoms with van der Waals surface area (Å²) >= 11 is 0. The summed E-state index contributed by atoms with van der Waals surface area (Å²) in [5.41, 5.74) is 15.3. The third kappa shape index (κ3) is 6.76. The zero-order valence-electron chi connectivity index (χ0n) is 32.6. The van der Waals surface area contributed by atoms with E-state index in [1.807, 2.05) is 42.5 Å². The topological polar surface area (TPSA) is 51.6 Å². The number of hydrogen-bond acceptors (Lipinski definition) is 4. The molecule has 0 radical (unpaired) electrons. The number of fused-ring (bicyclic) bond motifs is 4. The number of rotatable bonds is 7. The van der Waals surface area contributed by atoms with Crippen molar-refractivity contribution in [3.8, 4) is 78.7 Å². The molecule has 0 fully saturated rings. The maximum absolute atomic E-state index is 5.23. The molecule has 3 heterocycles. The predicted octanol–water partition coefficient (Wildman–Crippen LogP) is 14.4. The van der Waals surface area contributed by atoms with Crippen LogP contribution in [0.15, 0.2) is 218 Å². The number of nitrogens with zero attached hydrogens (tertiary/aromatic N) is 4. The summed E-state index contributed by atoms with van der Waals surface area (Å²) in [5.74, 6) is 0.698. The third-order valence-corrected chi connectivity index (χ3v) is 11.3. The smallest absolute Gasteiger partial charge is 0.160 e. The molecular formula is C56H36N4. The van der Waals surface area contributed by atoms with Crippen LogP contribution in [0.25, 0.3) is 111 Å². The maximum atomic E-state index is 5.23. The molecule has 0 amide bonds. The van der Waals surface area contributed by atoms with Crippen LogP contribution in [0.4, 0.5) is 0 Å². The summed E-state index contributed by atoms with van der Waals surface area (Å²) in [6, 6.07) is 76.4. The van der Waals surface area contributed by atoms with Crippen LogP contribution in [0.2, 0.25) is 0 Å². The number of pyridine rings is 2. The lowest BCUT2D eigenvalue weighted by molar-refractivity contribution is 1.18. The van der Waals surface area contributed by atoms with Gasteiger partial charge >= 0.3 is 0 Å². The van der Waals surface area contributed by atoms with Crippen LogP contribution in [0.5, 0.6) is 0 Å². The van der Waals surface area contributed by atoms with Crippen LogP contribution in [0, 0.1) is 0 Å². The number of benzene rings is 8. The number of hydrogen-bond donors (Lipinski definition) is 0. The van der Waals surface area contributed by atoms with Crippen LogP contribution in [-0.2, 0) is 0 Å². The molecule has 280 valence electrons. The van der Waals surface area contributed by atoms with E-state index in [2.05, 4.69) is 176 Å². The van der Waals surface area contributed by atoms with Crippen molar-refractivity contribution in [3.05, 3.63) is 218 Å². The Morgan fingerprint density at radius 3 is 1.22 bits per heavy atom.